The van der Waals surface area contributed by atoms with Crippen molar-refractivity contribution in [2.45, 2.75) is 71.0 Å². The molecule has 0 amide bonds. The van der Waals surface area contributed by atoms with Crippen molar-refractivity contribution in [3.63, 3.8) is 0 Å². The fraction of sp³-hybridized carbons (Fsp3) is 0.255. The molecule has 0 radical (unpaired) electrons. The van der Waals surface area contributed by atoms with Crippen molar-refractivity contribution in [1.82, 2.24) is 0 Å². The Kier molecular flexibility index (Phi) is 10.4. The van der Waals surface area contributed by atoms with E-state index in [0.717, 1.165) is 54.5 Å². The minimum absolute atomic E-state index is 0.0731. The highest BCUT2D eigenvalue weighted by Crippen LogP contribution is 2.61. The van der Waals surface area contributed by atoms with Crippen LogP contribution in [-0.4, -0.2) is 27.2 Å². The summed E-state index contributed by atoms with van der Waals surface area (Å²) >= 11 is 7.42. The number of hydrogen-bond acceptors (Lipinski definition) is 6. The molecular formula is C51H46Br2O6. The van der Waals surface area contributed by atoms with Crippen LogP contribution in [0.5, 0.6) is 11.5 Å². The van der Waals surface area contributed by atoms with Crippen LogP contribution in [0.25, 0.3) is 22.3 Å². The lowest BCUT2D eigenvalue weighted by Crippen LogP contribution is -2.29. The molecule has 3 aliphatic rings. The fourth-order valence-corrected chi connectivity index (χ4v) is 10.7. The van der Waals surface area contributed by atoms with Gasteiger partial charge in [0.15, 0.2) is 0 Å². The largest absolute Gasteiger partial charge is 0.496 e. The Morgan fingerprint density at radius 3 is 1.41 bits per heavy atom. The van der Waals surface area contributed by atoms with E-state index in [0.29, 0.717) is 24.4 Å². The summed E-state index contributed by atoms with van der Waals surface area (Å²) in [5.41, 5.74) is 18.9. The molecule has 0 aliphatic heterocycles. The molecule has 59 heavy (non-hydrogen) atoms. The fourth-order valence-electron chi connectivity index (χ4n) is 9.89. The summed E-state index contributed by atoms with van der Waals surface area (Å²) in [5.74, 6) is 1.25. The first-order valence-corrected chi connectivity index (χ1v) is 21.2. The monoisotopic (exact) mass is 912 g/mol. The quantitative estimate of drug-likeness (QED) is 0.127. The molecule has 0 spiro atoms. The number of carbonyl (C=O) groups is 2. The zero-order chi connectivity index (χ0) is 42.0. The summed E-state index contributed by atoms with van der Waals surface area (Å²) in [6.07, 6.45) is 0. The maximum atomic E-state index is 11.1. The van der Waals surface area contributed by atoms with Crippen molar-refractivity contribution in [2.75, 3.05) is 14.2 Å². The maximum Gasteiger partial charge on any atom is 0.293 e. The molecule has 0 atom stereocenters. The van der Waals surface area contributed by atoms with Crippen LogP contribution in [0.4, 0.5) is 0 Å². The zero-order valence-corrected chi connectivity index (χ0v) is 37.7. The third-order valence-electron chi connectivity index (χ3n) is 12.6. The van der Waals surface area contributed by atoms with Crippen molar-refractivity contribution in [3.05, 3.63) is 173 Å². The minimum Gasteiger partial charge on any atom is -0.496 e. The molecule has 0 N–H and O–H groups in total. The average Bonchev–Trinajstić information content (AvgIpc) is 3.71. The second kappa shape index (κ2) is 15.1. The third kappa shape index (κ3) is 6.33. The van der Waals surface area contributed by atoms with Gasteiger partial charge in [-0.15, -0.1) is 0 Å². The molecule has 0 fully saturated rings. The number of rotatable bonds is 10. The number of methoxy groups -OCH3 is 2. The normalized spacial score (nSPS) is 14.9. The number of hydrogen-bond donors (Lipinski definition) is 0. The summed E-state index contributed by atoms with van der Waals surface area (Å²) in [5, 5.41) is 0. The van der Waals surface area contributed by atoms with E-state index < -0.39 is 5.41 Å². The predicted molar refractivity (Wildman–Crippen MR) is 240 cm³/mol. The van der Waals surface area contributed by atoms with E-state index >= 15 is 0 Å². The van der Waals surface area contributed by atoms with Crippen molar-refractivity contribution >= 4 is 44.8 Å². The molecule has 8 heteroatoms. The van der Waals surface area contributed by atoms with Crippen LogP contribution in [-0.2, 0) is 48.5 Å². The van der Waals surface area contributed by atoms with Gasteiger partial charge in [-0.1, -0.05) is 119 Å². The lowest BCUT2D eigenvalue weighted by molar-refractivity contribution is -0.130. The van der Waals surface area contributed by atoms with Crippen LogP contribution in [0.3, 0.4) is 0 Å². The molecule has 9 rings (SSSR count). The number of carbonyl (C=O) groups excluding carboxylic acids is 2. The summed E-state index contributed by atoms with van der Waals surface area (Å²) < 4.78 is 23.7. The van der Waals surface area contributed by atoms with E-state index in [2.05, 4.69) is 140 Å². The molecule has 0 heterocycles. The standard InChI is InChI=1S/C32H27BrO6.C19H19Br/c1-20-4-8-26-27-9-7-25(33)15-29(27)32(28(26)12-20,23-5-10-30(36-2)21(13-23)16-38-18-34)24-6-11-31(37-3)22(14-24)17-39-19-35;1-10-6-12-16-13(7-10)19(4,5)15-9-11(20)8-14(17(15)16)18(12,2)3/h4-15,18-19H,16-17H2,1-3H3;6-9H,1-5H3. The SMILES string of the molecule is COc1ccc(C2(c3ccc(OC)c(COC=O)c3)c3cc(C)ccc3-c3ccc(Br)cc32)cc1COC=O.Cc1cc2c3c(c1)C(C)(C)c1cc(Br)cc(c1-3)C2(C)C. The summed E-state index contributed by atoms with van der Waals surface area (Å²) in [4.78, 5) is 22.1. The predicted octanol–water partition coefficient (Wildman–Crippen LogP) is 12.2. The molecule has 0 saturated carbocycles. The van der Waals surface area contributed by atoms with Crippen molar-refractivity contribution in [1.29, 1.82) is 0 Å². The van der Waals surface area contributed by atoms with Crippen LogP contribution >= 0.6 is 31.9 Å². The van der Waals surface area contributed by atoms with Gasteiger partial charge in [-0.2, -0.15) is 0 Å². The lowest BCUT2D eigenvalue weighted by atomic mass is 9.67. The Balaban J connectivity index is 0.000000201. The number of fused-ring (bicyclic) bond motifs is 3. The van der Waals surface area contributed by atoms with E-state index in [9.17, 15) is 9.59 Å². The molecule has 6 aromatic carbocycles. The first-order valence-electron chi connectivity index (χ1n) is 19.6. The zero-order valence-electron chi connectivity index (χ0n) is 34.5. The Morgan fingerprint density at radius 1 is 0.508 bits per heavy atom. The van der Waals surface area contributed by atoms with Gasteiger partial charge in [-0.3, -0.25) is 9.59 Å². The lowest BCUT2D eigenvalue weighted by Gasteiger charge is -2.35. The molecule has 6 aromatic rings. The smallest absolute Gasteiger partial charge is 0.293 e. The van der Waals surface area contributed by atoms with E-state index in [1.54, 1.807) is 14.2 Å². The van der Waals surface area contributed by atoms with Crippen molar-refractivity contribution < 1.29 is 28.5 Å². The van der Waals surface area contributed by atoms with Gasteiger partial charge >= 0.3 is 0 Å². The van der Waals surface area contributed by atoms with Gasteiger partial charge in [0.05, 0.1) is 19.6 Å². The molecule has 0 bridgehead atoms. The van der Waals surface area contributed by atoms with E-state index in [1.165, 1.54) is 43.4 Å². The van der Waals surface area contributed by atoms with E-state index in [4.69, 9.17) is 18.9 Å². The average molecular weight is 915 g/mol. The summed E-state index contributed by atoms with van der Waals surface area (Å²) in [6.45, 7) is 14.7. The van der Waals surface area contributed by atoms with Crippen molar-refractivity contribution in [2.24, 2.45) is 0 Å². The highest BCUT2D eigenvalue weighted by atomic mass is 79.9. The van der Waals surface area contributed by atoms with E-state index in [-0.39, 0.29) is 24.0 Å². The van der Waals surface area contributed by atoms with Gasteiger partial charge in [0.2, 0.25) is 0 Å². The third-order valence-corrected chi connectivity index (χ3v) is 13.6. The van der Waals surface area contributed by atoms with Gasteiger partial charge in [0, 0.05) is 30.9 Å². The minimum atomic E-state index is -0.745. The first-order chi connectivity index (χ1) is 28.2. The highest BCUT2D eigenvalue weighted by molar-refractivity contribution is 9.10. The number of aryl methyl sites for hydroxylation is 2. The molecular weight excluding hydrogens is 868 g/mol. The first kappa shape index (κ1) is 40.6. The summed E-state index contributed by atoms with van der Waals surface area (Å²) in [7, 11) is 3.19. The second-order valence-corrected chi connectivity index (χ2v) is 18.5. The number of halogens is 2. The van der Waals surface area contributed by atoms with E-state index in [1.807, 2.05) is 30.3 Å². The second-order valence-electron chi connectivity index (χ2n) is 16.7. The molecule has 3 aliphatic carbocycles. The van der Waals surface area contributed by atoms with Crippen LogP contribution < -0.4 is 9.47 Å². The topological polar surface area (TPSA) is 71.1 Å². The summed E-state index contributed by atoms with van der Waals surface area (Å²) in [6, 6.07) is 34.3. The van der Waals surface area contributed by atoms with Gasteiger partial charge in [0.1, 0.15) is 24.7 Å². The molecule has 6 nitrogen and oxygen atoms in total. The van der Waals surface area contributed by atoms with Crippen LogP contribution in [0.2, 0.25) is 0 Å². The van der Waals surface area contributed by atoms with Gasteiger partial charge in [0.25, 0.3) is 12.9 Å². The Hall–Kier alpha value is -5.18. The number of ether oxygens (including phenoxy) is 4. The molecule has 0 aromatic heterocycles. The molecule has 300 valence electrons. The maximum absolute atomic E-state index is 11.1. The van der Waals surface area contributed by atoms with Crippen molar-refractivity contribution in [3.8, 4) is 33.8 Å². The van der Waals surface area contributed by atoms with Gasteiger partial charge < -0.3 is 18.9 Å². The van der Waals surface area contributed by atoms with Gasteiger partial charge in [-0.05, 0) is 129 Å². The highest BCUT2D eigenvalue weighted by Gasteiger charge is 2.48. The Labute approximate surface area is 363 Å². The molecule has 0 unspecified atom stereocenters. The Morgan fingerprint density at radius 2 is 0.932 bits per heavy atom. The Bertz CT molecular complexity index is 2450. The van der Waals surface area contributed by atoms with Crippen LogP contribution in [0.1, 0.15) is 94.5 Å². The van der Waals surface area contributed by atoms with Gasteiger partial charge in [-0.25, -0.2) is 0 Å². The molecule has 0 saturated heterocycles. The van der Waals surface area contributed by atoms with Crippen LogP contribution in [0.15, 0.2) is 106 Å². The van der Waals surface area contributed by atoms with Crippen LogP contribution in [0, 0.1) is 13.8 Å². The number of benzene rings is 6.